The van der Waals surface area contributed by atoms with Crippen LogP contribution in [0.2, 0.25) is 0 Å². The third-order valence-electron chi connectivity index (χ3n) is 7.02. The Balaban J connectivity index is 1.60. The highest BCUT2D eigenvalue weighted by molar-refractivity contribution is 6.01. The van der Waals surface area contributed by atoms with Crippen molar-refractivity contribution >= 4 is 41.3 Å². The van der Waals surface area contributed by atoms with Crippen molar-refractivity contribution in [1.29, 1.82) is 0 Å². The average Bonchev–Trinajstić information content (AvgIpc) is 3.14. The highest BCUT2D eigenvalue weighted by Crippen LogP contribution is 2.35. The number of alkyl halides is 1. The molecule has 1 amide bonds. The van der Waals surface area contributed by atoms with Gasteiger partial charge in [0.2, 0.25) is 5.91 Å². The van der Waals surface area contributed by atoms with Gasteiger partial charge in [-0.15, -0.1) is 5.10 Å². The number of ether oxygens (including phenoxy) is 1. The van der Waals surface area contributed by atoms with Crippen LogP contribution in [0.5, 0.6) is 0 Å². The fourth-order valence-electron chi connectivity index (χ4n) is 4.87. The summed E-state index contributed by atoms with van der Waals surface area (Å²) in [5.41, 5.74) is 2.66. The summed E-state index contributed by atoms with van der Waals surface area (Å²) >= 11 is 0. The van der Waals surface area contributed by atoms with E-state index in [4.69, 9.17) is 4.74 Å². The molecule has 9 nitrogen and oxygen atoms in total. The molecule has 1 aliphatic rings. The van der Waals surface area contributed by atoms with E-state index in [1.54, 1.807) is 35.2 Å². The van der Waals surface area contributed by atoms with E-state index in [9.17, 15) is 18.0 Å². The largest absolute Gasteiger partial charge is 0.459 e. The lowest BCUT2D eigenvalue weighted by Crippen LogP contribution is -2.47. The predicted octanol–water partition coefficient (Wildman–Crippen LogP) is 5.85. The fraction of sp³-hybridized carbons (Fsp3) is 0.355. The van der Waals surface area contributed by atoms with Gasteiger partial charge in [-0.25, -0.2) is 18.2 Å². The molecule has 2 heterocycles. The molecule has 2 aromatic carbocycles. The summed E-state index contributed by atoms with van der Waals surface area (Å²) in [6, 6.07) is 10.4. The molecular formula is C31H36F3N7O2. The first-order chi connectivity index (χ1) is 20.8. The van der Waals surface area contributed by atoms with E-state index in [1.807, 2.05) is 13.8 Å². The van der Waals surface area contributed by atoms with Crippen molar-refractivity contribution in [1.82, 2.24) is 10.3 Å². The summed E-state index contributed by atoms with van der Waals surface area (Å²) < 4.78 is 48.7. The summed E-state index contributed by atoms with van der Waals surface area (Å²) in [6.07, 6.45) is 3.13. The Morgan fingerprint density at radius 3 is 2.53 bits per heavy atom. The summed E-state index contributed by atoms with van der Waals surface area (Å²) in [5, 5.41) is 13.6. The molecule has 4 rings (SSSR count). The number of fused-ring (bicyclic) bond motifs is 1. The van der Waals surface area contributed by atoms with Crippen LogP contribution < -0.4 is 20.4 Å². The quantitative estimate of drug-likeness (QED) is 0.118. The van der Waals surface area contributed by atoms with E-state index < -0.39 is 24.4 Å². The van der Waals surface area contributed by atoms with E-state index in [-0.39, 0.29) is 36.3 Å². The number of pyridine rings is 1. The lowest BCUT2D eigenvalue weighted by Gasteiger charge is -2.28. The Labute approximate surface area is 249 Å². The minimum atomic E-state index is -0.865. The van der Waals surface area contributed by atoms with Gasteiger partial charge >= 0.3 is 0 Å². The van der Waals surface area contributed by atoms with Crippen molar-refractivity contribution < 1.29 is 22.7 Å². The molecule has 0 aliphatic carbocycles. The molecule has 0 spiro atoms. The van der Waals surface area contributed by atoms with Crippen molar-refractivity contribution in [2.45, 2.75) is 46.3 Å². The van der Waals surface area contributed by atoms with Crippen LogP contribution in [-0.2, 0) is 16.2 Å². The first-order valence-corrected chi connectivity index (χ1v) is 14.1. The SMILES string of the molecule is C=N/N=C(\OCNC1CN(c2cc(F)c(C)c(F)c2)c2ccccc2NC1=O)c1ncc(CF)cc1N(CCC)CCC. The van der Waals surface area contributed by atoms with Crippen LogP contribution in [0.3, 0.4) is 0 Å². The molecule has 0 bridgehead atoms. The van der Waals surface area contributed by atoms with Gasteiger partial charge in [-0.1, -0.05) is 26.0 Å². The van der Waals surface area contributed by atoms with Crippen LogP contribution in [0, 0.1) is 18.6 Å². The molecule has 2 N–H and O–H groups in total. The lowest BCUT2D eigenvalue weighted by atomic mass is 10.1. The van der Waals surface area contributed by atoms with Crippen molar-refractivity contribution in [3.8, 4) is 0 Å². The Bertz CT molecular complexity index is 1450. The molecule has 1 aliphatic heterocycles. The minimum Gasteiger partial charge on any atom is -0.459 e. The van der Waals surface area contributed by atoms with Gasteiger partial charge < -0.3 is 19.9 Å². The topological polar surface area (TPSA) is 94.5 Å². The van der Waals surface area contributed by atoms with Gasteiger partial charge in [0.05, 0.1) is 17.1 Å². The number of para-hydroxylation sites is 2. The second-order valence-corrected chi connectivity index (χ2v) is 10.1. The Morgan fingerprint density at radius 1 is 1.19 bits per heavy atom. The number of amides is 1. The van der Waals surface area contributed by atoms with E-state index in [2.05, 4.69) is 37.4 Å². The Hall–Kier alpha value is -4.45. The number of nitrogens with zero attached hydrogens (tertiary/aromatic N) is 5. The van der Waals surface area contributed by atoms with Crippen LogP contribution in [-0.4, -0.2) is 55.9 Å². The maximum atomic E-state index is 14.6. The first kappa shape index (κ1) is 31.5. The van der Waals surface area contributed by atoms with Gasteiger partial charge in [0.1, 0.15) is 36.8 Å². The van der Waals surface area contributed by atoms with Gasteiger partial charge in [-0.2, -0.15) is 5.10 Å². The van der Waals surface area contributed by atoms with Crippen LogP contribution in [0.15, 0.2) is 58.9 Å². The zero-order chi connectivity index (χ0) is 30.9. The smallest absolute Gasteiger partial charge is 0.263 e. The summed E-state index contributed by atoms with van der Waals surface area (Å²) in [6.45, 7) is 9.50. The molecule has 228 valence electrons. The first-order valence-electron chi connectivity index (χ1n) is 14.1. The van der Waals surface area contributed by atoms with Crippen LogP contribution in [0.25, 0.3) is 0 Å². The maximum absolute atomic E-state index is 14.6. The van der Waals surface area contributed by atoms with Gasteiger partial charge in [0, 0.05) is 49.4 Å². The molecule has 0 saturated heterocycles. The van der Waals surface area contributed by atoms with E-state index in [0.29, 0.717) is 41.4 Å². The highest BCUT2D eigenvalue weighted by Gasteiger charge is 2.30. The van der Waals surface area contributed by atoms with E-state index in [1.165, 1.54) is 25.3 Å². The van der Waals surface area contributed by atoms with Crippen molar-refractivity contribution in [3.05, 3.63) is 77.1 Å². The van der Waals surface area contributed by atoms with Gasteiger partial charge in [-0.3, -0.25) is 10.1 Å². The molecule has 0 fully saturated rings. The number of benzene rings is 2. The maximum Gasteiger partial charge on any atom is 0.263 e. The molecular weight excluding hydrogens is 559 g/mol. The van der Waals surface area contributed by atoms with Crippen LogP contribution in [0.4, 0.5) is 35.9 Å². The molecule has 1 aromatic heterocycles. The molecule has 0 saturated carbocycles. The van der Waals surface area contributed by atoms with Crippen molar-refractivity contribution in [2.75, 3.05) is 41.5 Å². The summed E-state index contributed by atoms with van der Waals surface area (Å²) in [4.78, 5) is 21.4. The van der Waals surface area contributed by atoms with Crippen molar-refractivity contribution in [3.63, 3.8) is 0 Å². The van der Waals surface area contributed by atoms with Gasteiger partial charge in [0.25, 0.3) is 5.90 Å². The second kappa shape index (κ2) is 14.6. The van der Waals surface area contributed by atoms with Gasteiger partial charge in [0.15, 0.2) is 0 Å². The van der Waals surface area contributed by atoms with Crippen LogP contribution >= 0.6 is 0 Å². The molecule has 43 heavy (non-hydrogen) atoms. The third-order valence-corrected chi connectivity index (χ3v) is 7.02. The van der Waals surface area contributed by atoms with E-state index in [0.717, 1.165) is 12.8 Å². The number of hydrogen-bond donors (Lipinski definition) is 2. The molecule has 12 heteroatoms. The molecule has 1 unspecified atom stereocenters. The Kier molecular flexibility index (Phi) is 10.7. The summed E-state index contributed by atoms with van der Waals surface area (Å²) in [7, 11) is 0. The number of nitrogens with one attached hydrogen (secondary N) is 2. The zero-order valence-electron chi connectivity index (χ0n) is 24.5. The zero-order valence-corrected chi connectivity index (χ0v) is 24.5. The third kappa shape index (κ3) is 7.31. The fourth-order valence-corrected chi connectivity index (χ4v) is 4.87. The number of rotatable bonds is 12. The molecule has 0 radical (unpaired) electrons. The normalized spacial score (nSPS) is 15.0. The number of anilines is 4. The number of halogens is 3. The predicted molar refractivity (Wildman–Crippen MR) is 164 cm³/mol. The highest BCUT2D eigenvalue weighted by atomic mass is 19.1. The number of carbonyl (C=O) groups excluding carboxylic acids is 1. The standard InChI is InChI=1S/C31H36F3N7O2/c1-5-11-40(12-6-2)28-13-21(16-32)17-36-29(28)31(39-35-4)43-19-37-26-18-41(22-14-23(33)20(3)24(34)15-22)27-10-8-7-9-25(27)38-30(26)42/h7-10,13-15,17,26,37H,4-6,11-12,16,18-19H2,1-3H3,(H,38,42)/b39-31-. The number of aromatic nitrogens is 1. The average molecular weight is 596 g/mol. The van der Waals surface area contributed by atoms with Gasteiger partial charge in [-0.05, 0) is 50.1 Å². The molecule has 3 aromatic rings. The lowest BCUT2D eigenvalue weighted by molar-refractivity contribution is -0.118. The van der Waals surface area contributed by atoms with Crippen molar-refractivity contribution in [2.24, 2.45) is 10.2 Å². The van der Waals surface area contributed by atoms with Crippen LogP contribution in [0.1, 0.15) is 43.5 Å². The summed E-state index contributed by atoms with van der Waals surface area (Å²) in [5.74, 6) is -1.71. The second-order valence-electron chi connectivity index (χ2n) is 10.1. The monoisotopic (exact) mass is 595 g/mol. The molecule has 1 atom stereocenters. The number of hydrogen-bond acceptors (Lipinski definition) is 8. The number of carbonyl (C=O) groups is 1. The minimum absolute atomic E-state index is 0.0375. The Morgan fingerprint density at radius 2 is 1.88 bits per heavy atom. The van der Waals surface area contributed by atoms with E-state index >= 15 is 0 Å².